The second kappa shape index (κ2) is 6.26. The maximum atomic E-state index is 4.52. The van der Waals surface area contributed by atoms with E-state index in [1.54, 1.807) is 0 Å². The van der Waals surface area contributed by atoms with Crippen molar-refractivity contribution in [2.45, 2.75) is 46.6 Å². The Kier molecular flexibility index (Phi) is 5.29. The SMILES string of the molecule is CCc1nc(CC)n(CC(CC)CBr)n1. The zero-order valence-corrected chi connectivity index (χ0v) is 11.4. The first-order valence-electron chi connectivity index (χ1n) is 5.73. The van der Waals surface area contributed by atoms with Gasteiger partial charge in [-0.15, -0.1) is 0 Å². The number of alkyl halides is 1. The van der Waals surface area contributed by atoms with E-state index in [0.717, 1.165) is 36.4 Å². The van der Waals surface area contributed by atoms with E-state index in [1.807, 2.05) is 0 Å². The second-order valence-electron chi connectivity index (χ2n) is 3.76. The number of aromatic nitrogens is 3. The van der Waals surface area contributed by atoms with E-state index in [4.69, 9.17) is 0 Å². The summed E-state index contributed by atoms with van der Waals surface area (Å²) in [4.78, 5) is 4.51. The molecule has 0 radical (unpaired) electrons. The molecule has 1 aromatic rings. The summed E-state index contributed by atoms with van der Waals surface area (Å²) in [5.41, 5.74) is 0. The van der Waals surface area contributed by atoms with E-state index >= 15 is 0 Å². The van der Waals surface area contributed by atoms with E-state index in [9.17, 15) is 0 Å². The van der Waals surface area contributed by atoms with Gasteiger partial charge in [-0.25, -0.2) is 9.67 Å². The smallest absolute Gasteiger partial charge is 0.150 e. The third-order valence-corrected chi connectivity index (χ3v) is 3.57. The lowest BCUT2D eigenvalue weighted by Crippen LogP contribution is -2.15. The zero-order chi connectivity index (χ0) is 11.3. The molecule has 0 fully saturated rings. The Hall–Kier alpha value is -0.380. The van der Waals surface area contributed by atoms with Crippen molar-refractivity contribution in [3.8, 4) is 0 Å². The molecule has 1 unspecified atom stereocenters. The van der Waals surface area contributed by atoms with Gasteiger partial charge in [0.25, 0.3) is 0 Å². The summed E-state index contributed by atoms with van der Waals surface area (Å²) in [6.07, 6.45) is 3.06. The molecule has 0 saturated carbocycles. The molecule has 0 aliphatic rings. The Morgan fingerprint density at radius 1 is 1.27 bits per heavy atom. The second-order valence-corrected chi connectivity index (χ2v) is 4.41. The minimum atomic E-state index is 0.654. The summed E-state index contributed by atoms with van der Waals surface area (Å²) in [5.74, 6) is 2.74. The number of halogens is 1. The van der Waals surface area contributed by atoms with E-state index in [-0.39, 0.29) is 0 Å². The summed E-state index contributed by atoms with van der Waals surface area (Å²) in [7, 11) is 0. The normalized spacial score (nSPS) is 13.1. The largest absolute Gasteiger partial charge is 0.250 e. The van der Waals surface area contributed by atoms with Gasteiger partial charge < -0.3 is 0 Å². The molecule has 1 rings (SSSR count). The molecule has 0 N–H and O–H groups in total. The molecule has 4 heteroatoms. The fourth-order valence-corrected chi connectivity index (χ4v) is 2.18. The number of rotatable bonds is 6. The van der Waals surface area contributed by atoms with Gasteiger partial charge in [0.1, 0.15) is 5.82 Å². The highest BCUT2D eigenvalue weighted by Crippen LogP contribution is 2.11. The monoisotopic (exact) mass is 273 g/mol. The average Bonchev–Trinajstić information content (AvgIpc) is 2.68. The Morgan fingerprint density at radius 2 is 2.00 bits per heavy atom. The first-order valence-corrected chi connectivity index (χ1v) is 6.85. The fourth-order valence-electron chi connectivity index (χ4n) is 1.52. The molecular formula is C11H20BrN3. The van der Waals surface area contributed by atoms with Crippen LogP contribution in [0.4, 0.5) is 0 Å². The molecule has 0 amide bonds. The van der Waals surface area contributed by atoms with Crippen LogP contribution in [0, 0.1) is 5.92 Å². The van der Waals surface area contributed by atoms with Crippen molar-refractivity contribution in [1.82, 2.24) is 14.8 Å². The Balaban J connectivity index is 2.77. The molecule has 0 aliphatic carbocycles. The third-order valence-electron chi connectivity index (χ3n) is 2.65. The number of nitrogens with zero attached hydrogens (tertiary/aromatic N) is 3. The Morgan fingerprint density at radius 3 is 2.47 bits per heavy atom. The van der Waals surface area contributed by atoms with Gasteiger partial charge in [-0.05, 0) is 5.92 Å². The van der Waals surface area contributed by atoms with Gasteiger partial charge in [0.05, 0.1) is 0 Å². The predicted octanol–water partition coefficient (Wildman–Crippen LogP) is 2.82. The van der Waals surface area contributed by atoms with Gasteiger partial charge in [0.15, 0.2) is 5.82 Å². The first-order chi connectivity index (χ1) is 7.24. The van der Waals surface area contributed by atoms with Crippen molar-refractivity contribution in [1.29, 1.82) is 0 Å². The molecule has 0 bridgehead atoms. The average molecular weight is 274 g/mol. The Labute approximate surface area is 100 Å². The van der Waals surface area contributed by atoms with Crippen molar-refractivity contribution in [3.05, 3.63) is 11.6 Å². The van der Waals surface area contributed by atoms with E-state index in [1.165, 1.54) is 6.42 Å². The minimum Gasteiger partial charge on any atom is -0.250 e. The van der Waals surface area contributed by atoms with Crippen LogP contribution < -0.4 is 0 Å². The lowest BCUT2D eigenvalue weighted by atomic mass is 10.1. The quantitative estimate of drug-likeness (QED) is 0.747. The summed E-state index contributed by atoms with van der Waals surface area (Å²) in [6.45, 7) is 7.43. The molecule has 0 aliphatic heterocycles. The van der Waals surface area contributed by atoms with Crippen LogP contribution in [0.1, 0.15) is 38.8 Å². The summed E-state index contributed by atoms with van der Waals surface area (Å²) < 4.78 is 2.08. The van der Waals surface area contributed by atoms with Crippen LogP contribution in [0.15, 0.2) is 0 Å². The van der Waals surface area contributed by atoms with Crippen molar-refractivity contribution in [3.63, 3.8) is 0 Å². The first kappa shape index (κ1) is 12.7. The number of hydrogen-bond acceptors (Lipinski definition) is 2. The van der Waals surface area contributed by atoms with Crippen LogP contribution in [-0.4, -0.2) is 20.1 Å². The van der Waals surface area contributed by atoms with Crippen LogP contribution in [0.5, 0.6) is 0 Å². The van der Waals surface area contributed by atoms with Gasteiger partial charge in [0, 0.05) is 24.7 Å². The van der Waals surface area contributed by atoms with Crippen LogP contribution in [0.3, 0.4) is 0 Å². The molecule has 0 saturated heterocycles. The van der Waals surface area contributed by atoms with Crippen molar-refractivity contribution >= 4 is 15.9 Å². The van der Waals surface area contributed by atoms with E-state index < -0.39 is 0 Å². The lowest BCUT2D eigenvalue weighted by Gasteiger charge is -2.12. The fraction of sp³-hybridized carbons (Fsp3) is 0.818. The summed E-state index contributed by atoms with van der Waals surface area (Å²) >= 11 is 3.54. The highest BCUT2D eigenvalue weighted by atomic mass is 79.9. The maximum Gasteiger partial charge on any atom is 0.150 e. The lowest BCUT2D eigenvalue weighted by molar-refractivity contribution is 0.434. The number of aryl methyl sites for hydroxylation is 2. The molecule has 15 heavy (non-hydrogen) atoms. The zero-order valence-electron chi connectivity index (χ0n) is 9.83. The van der Waals surface area contributed by atoms with Gasteiger partial charge in [-0.1, -0.05) is 43.1 Å². The molecule has 0 aromatic carbocycles. The molecule has 1 atom stereocenters. The van der Waals surface area contributed by atoms with Crippen LogP contribution in [0.2, 0.25) is 0 Å². The highest BCUT2D eigenvalue weighted by molar-refractivity contribution is 9.09. The van der Waals surface area contributed by atoms with Crippen LogP contribution >= 0.6 is 15.9 Å². The molecule has 86 valence electrons. The van der Waals surface area contributed by atoms with Gasteiger partial charge in [-0.3, -0.25) is 0 Å². The van der Waals surface area contributed by atoms with Crippen LogP contribution in [0.25, 0.3) is 0 Å². The minimum absolute atomic E-state index is 0.654. The molecule has 0 spiro atoms. The van der Waals surface area contributed by atoms with E-state index in [0.29, 0.717) is 5.92 Å². The summed E-state index contributed by atoms with van der Waals surface area (Å²) in [5, 5.41) is 5.56. The maximum absolute atomic E-state index is 4.52. The summed E-state index contributed by atoms with van der Waals surface area (Å²) in [6, 6.07) is 0. The predicted molar refractivity (Wildman–Crippen MR) is 66.4 cm³/mol. The van der Waals surface area contributed by atoms with Crippen molar-refractivity contribution < 1.29 is 0 Å². The number of hydrogen-bond donors (Lipinski definition) is 0. The standard InChI is InChI=1S/C11H20BrN3/c1-4-9(7-12)8-15-11(6-3)13-10(5-2)14-15/h9H,4-8H2,1-3H3. The van der Waals surface area contributed by atoms with Gasteiger partial charge >= 0.3 is 0 Å². The van der Waals surface area contributed by atoms with Crippen molar-refractivity contribution in [2.75, 3.05) is 5.33 Å². The van der Waals surface area contributed by atoms with Gasteiger partial charge in [-0.2, -0.15) is 5.10 Å². The molecule has 1 aromatic heterocycles. The van der Waals surface area contributed by atoms with Crippen LogP contribution in [-0.2, 0) is 19.4 Å². The van der Waals surface area contributed by atoms with Crippen molar-refractivity contribution in [2.24, 2.45) is 5.92 Å². The highest BCUT2D eigenvalue weighted by Gasteiger charge is 2.11. The van der Waals surface area contributed by atoms with E-state index in [2.05, 4.69) is 51.5 Å². The molecule has 3 nitrogen and oxygen atoms in total. The molecule has 1 heterocycles. The van der Waals surface area contributed by atoms with Gasteiger partial charge in [0.2, 0.25) is 0 Å². The topological polar surface area (TPSA) is 30.7 Å². The Bertz CT molecular complexity index is 292. The third kappa shape index (κ3) is 3.30. The molecular weight excluding hydrogens is 254 g/mol.